The Kier molecular flexibility index (Phi) is 3.12. The summed E-state index contributed by atoms with van der Waals surface area (Å²) in [6.07, 6.45) is 6.55. The molecule has 1 aromatic rings. The maximum atomic E-state index is 4.21. The van der Waals surface area contributed by atoms with Crippen LogP contribution in [0.2, 0.25) is 0 Å². The van der Waals surface area contributed by atoms with Gasteiger partial charge in [-0.1, -0.05) is 0 Å². The zero-order valence-corrected chi connectivity index (χ0v) is 10.5. The summed E-state index contributed by atoms with van der Waals surface area (Å²) >= 11 is 0. The van der Waals surface area contributed by atoms with E-state index in [4.69, 9.17) is 0 Å². The number of piperidine rings is 1. The Bertz CT molecular complexity index is 391. The van der Waals surface area contributed by atoms with Gasteiger partial charge >= 0.3 is 0 Å². The second-order valence-electron chi connectivity index (χ2n) is 5.43. The highest BCUT2D eigenvalue weighted by molar-refractivity contribution is 5.21. The first kappa shape index (κ1) is 11.2. The first-order valence-electron chi connectivity index (χ1n) is 6.68. The van der Waals surface area contributed by atoms with Crippen LogP contribution < -0.4 is 5.32 Å². The Hall–Kier alpha value is -0.930. The van der Waals surface area contributed by atoms with Gasteiger partial charge in [0.25, 0.3) is 0 Å². The highest BCUT2D eigenvalue weighted by Gasteiger charge is 2.33. The fourth-order valence-corrected chi connectivity index (χ4v) is 3.14. The summed E-state index contributed by atoms with van der Waals surface area (Å²) in [6, 6.07) is 2.81. The van der Waals surface area contributed by atoms with E-state index in [1.54, 1.807) is 0 Å². The number of pyridine rings is 1. The van der Waals surface area contributed by atoms with Crippen LogP contribution in [-0.2, 0) is 6.54 Å². The third-order valence-electron chi connectivity index (χ3n) is 4.34. The first-order valence-corrected chi connectivity index (χ1v) is 6.68. The van der Waals surface area contributed by atoms with Gasteiger partial charge in [0.1, 0.15) is 0 Å². The largest absolute Gasteiger partial charge is 0.309 e. The van der Waals surface area contributed by atoms with Gasteiger partial charge in [0.2, 0.25) is 0 Å². The Morgan fingerprint density at radius 1 is 1.41 bits per heavy atom. The predicted octanol–water partition coefficient (Wildman–Crippen LogP) is 1.57. The molecule has 2 aliphatic heterocycles. The molecule has 3 nitrogen and oxygen atoms in total. The summed E-state index contributed by atoms with van der Waals surface area (Å²) in [4.78, 5) is 6.80. The van der Waals surface area contributed by atoms with Gasteiger partial charge in [-0.2, -0.15) is 0 Å². The highest BCUT2D eigenvalue weighted by Crippen LogP contribution is 2.27. The van der Waals surface area contributed by atoms with Gasteiger partial charge in [-0.15, -0.1) is 0 Å². The van der Waals surface area contributed by atoms with Gasteiger partial charge in [-0.3, -0.25) is 4.98 Å². The fourth-order valence-electron chi connectivity index (χ4n) is 3.14. The molecule has 0 aromatic carbocycles. The number of nitrogens with zero attached hydrogens (tertiary/aromatic N) is 2. The van der Waals surface area contributed by atoms with Crippen LogP contribution in [0.3, 0.4) is 0 Å². The van der Waals surface area contributed by atoms with Crippen molar-refractivity contribution in [2.24, 2.45) is 5.92 Å². The molecule has 2 saturated heterocycles. The zero-order chi connectivity index (χ0) is 11.7. The number of rotatable bonds is 3. The smallest absolute Gasteiger partial charge is 0.0315 e. The normalized spacial score (nSPS) is 31.7. The summed E-state index contributed by atoms with van der Waals surface area (Å²) in [5, 5.41) is 3.74. The number of nitrogens with one attached hydrogen (secondary N) is 1. The minimum atomic E-state index is 0.716. The number of hydrogen-bond donors (Lipinski definition) is 1. The molecular formula is C14H21N3. The fraction of sp³-hybridized carbons (Fsp3) is 0.643. The molecule has 0 amide bonds. The average Bonchev–Trinajstić information content (AvgIpc) is 2.73. The van der Waals surface area contributed by atoms with Gasteiger partial charge in [0.15, 0.2) is 0 Å². The Morgan fingerprint density at radius 3 is 3.18 bits per heavy atom. The molecule has 3 rings (SSSR count). The topological polar surface area (TPSA) is 28.2 Å². The molecule has 92 valence electrons. The molecule has 2 fully saturated rings. The van der Waals surface area contributed by atoms with Gasteiger partial charge in [0, 0.05) is 31.5 Å². The van der Waals surface area contributed by atoms with Crippen LogP contribution in [0.1, 0.15) is 24.0 Å². The van der Waals surface area contributed by atoms with Crippen molar-refractivity contribution in [2.75, 3.05) is 19.6 Å². The second-order valence-corrected chi connectivity index (χ2v) is 5.43. The van der Waals surface area contributed by atoms with Crippen LogP contribution >= 0.6 is 0 Å². The van der Waals surface area contributed by atoms with Crippen molar-refractivity contribution >= 4 is 0 Å². The second kappa shape index (κ2) is 4.75. The third kappa shape index (κ3) is 2.35. The first-order chi connectivity index (χ1) is 8.33. The van der Waals surface area contributed by atoms with Crippen LogP contribution in [0.15, 0.2) is 18.5 Å². The van der Waals surface area contributed by atoms with Crippen molar-refractivity contribution in [2.45, 2.75) is 32.4 Å². The van der Waals surface area contributed by atoms with Crippen molar-refractivity contribution in [1.29, 1.82) is 0 Å². The molecule has 2 bridgehead atoms. The summed E-state index contributed by atoms with van der Waals surface area (Å²) in [6.45, 7) is 7.04. The van der Waals surface area contributed by atoms with Crippen LogP contribution in [-0.4, -0.2) is 35.6 Å². The molecular weight excluding hydrogens is 210 g/mol. The molecule has 17 heavy (non-hydrogen) atoms. The van der Waals surface area contributed by atoms with Crippen molar-refractivity contribution in [1.82, 2.24) is 15.2 Å². The van der Waals surface area contributed by atoms with Gasteiger partial charge < -0.3 is 10.2 Å². The lowest BCUT2D eigenvalue weighted by atomic mass is 9.94. The average molecular weight is 231 g/mol. The molecule has 0 radical (unpaired) electrons. The molecule has 0 spiro atoms. The van der Waals surface area contributed by atoms with Crippen molar-refractivity contribution in [3.8, 4) is 0 Å². The van der Waals surface area contributed by atoms with E-state index in [0.717, 1.165) is 12.5 Å². The molecule has 2 aliphatic rings. The van der Waals surface area contributed by atoms with Gasteiger partial charge in [-0.05, 0) is 56.0 Å². The van der Waals surface area contributed by atoms with Crippen molar-refractivity contribution in [3.05, 3.63) is 29.6 Å². The molecule has 0 aliphatic carbocycles. The summed E-state index contributed by atoms with van der Waals surface area (Å²) in [5.74, 6) is 0.876. The Morgan fingerprint density at radius 2 is 2.29 bits per heavy atom. The van der Waals surface area contributed by atoms with Crippen LogP contribution in [0, 0.1) is 12.8 Å². The quantitative estimate of drug-likeness (QED) is 0.856. The van der Waals surface area contributed by atoms with E-state index in [-0.39, 0.29) is 0 Å². The number of fused-ring (bicyclic) bond motifs is 2. The maximum absolute atomic E-state index is 4.21. The van der Waals surface area contributed by atoms with E-state index in [2.05, 4.69) is 28.2 Å². The maximum Gasteiger partial charge on any atom is 0.0315 e. The van der Waals surface area contributed by atoms with Crippen molar-refractivity contribution < 1.29 is 0 Å². The molecule has 3 heteroatoms. The van der Waals surface area contributed by atoms with E-state index >= 15 is 0 Å². The third-order valence-corrected chi connectivity index (χ3v) is 4.34. The lowest BCUT2D eigenvalue weighted by Gasteiger charge is -2.31. The molecule has 3 heterocycles. The lowest BCUT2D eigenvalue weighted by Crippen LogP contribution is -2.43. The predicted molar refractivity (Wildman–Crippen MR) is 68.8 cm³/mol. The number of aromatic nitrogens is 1. The number of aryl methyl sites for hydroxylation is 1. The van der Waals surface area contributed by atoms with E-state index in [1.165, 1.54) is 43.6 Å². The molecule has 3 atom stereocenters. The molecule has 3 unspecified atom stereocenters. The van der Waals surface area contributed by atoms with Gasteiger partial charge in [-0.25, -0.2) is 0 Å². The summed E-state index contributed by atoms with van der Waals surface area (Å²) in [5.41, 5.74) is 2.68. The summed E-state index contributed by atoms with van der Waals surface area (Å²) < 4.78 is 0. The summed E-state index contributed by atoms with van der Waals surface area (Å²) in [7, 11) is 0. The van der Waals surface area contributed by atoms with Crippen LogP contribution in [0.5, 0.6) is 0 Å². The zero-order valence-electron chi connectivity index (χ0n) is 10.5. The Labute approximate surface area is 103 Å². The minimum Gasteiger partial charge on any atom is -0.309 e. The Balaban J connectivity index is 1.59. The van der Waals surface area contributed by atoms with E-state index in [1.807, 2.05) is 12.4 Å². The van der Waals surface area contributed by atoms with Crippen LogP contribution in [0.25, 0.3) is 0 Å². The highest BCUT2D eigenvalue weighted by atomic mass is 15.2. The van der Waals surface area contributed by atoms with Crippen molar-refractivity contribution in [3.63, 3.8) is 0 Å². The molecule has 0 saturated carbocycles. The SMILES string of the molecule is Cc1ccncc1CNC1CCN2CCC1C2. The van der Waals surface area contributed by atoms with E-state index in [9.17, 15) is 0 Å². The van der Waals surface area contributed by atoms with Crippen LogP contribution in [0.4, 0.5) is 0 Å². The lowest BCUT2D eigenvalue weighted by molar-refractivity contribution is 0.220. The standard InChI is InChI=1S/C14H21N3/c1-11-2-5-15-8-13(11)9-16-14-4-7-17-6-3-12(14)10-17/h2,5,8,12,14,16H,3-4,6-7,9-10H2,1H3. The monoisotopic (exact) mass is 231 g/mol. The minimum absolute atomic E-state index is 0.716. The molecule has 1 aromatic heterocycles. The molecule has 1 N–H and O–H groups in total. The van der Waals surface area contributed by atoms with E-state index in [0.29, 0.717) is 6.04 Å². The number of hydrogen-bond acceptors (Lipinski definition) is 3. The van der Waals surface area contributed by atoms with E-state index < -0.39 is 0 Å². The van der Waals surface area contributed by atoms with Gasteiger partial charge in [0.05, 0.1) is 0 Å².